The highest BCUT2D eigenvalue weighted by atomic mass is 16.4. The Labute approximate surface area is 79.5 Å². The highest BCUT2D eigenvalue weighted by Gasteiger charge is 2.13. The largest absolute Gasteiger partial charge is 0.507 e. The first-order chi connectivity index (χ1) is 6.56. The maximum absolute atomic E-state index is 10.6. The van der Waals surface area contributed by atoms with E-state index < -0.39 is 17.8 Å². The molecular formula is C9H7NO4. The van der Waals surface area contributed by atoms with Crippen molar-refractivity contribution < 1.29 is 20.1 Å². The van der Waals surface area contributed by atoms with E-state index in [1.807, 2.05) is 0 Å². The number of aliphatic hydroxyl groups excluding tert-OH is 1. The highest BCUT2D eigenvalue weighted by molar-refractivity contribution is 5.90. The summed E-state index contributed by atoms with van der Waals surface area (Å²) in [4.78, 5) is 10.6. The fourth-order valence-electron chi connectivity index (χ4n) is 0.970. The van der Waals surface area contributed by atoms with Gasteiger partial charge in [-0.1, -0.05) is 6.07 Å². The lowest BCUT2D eigenvalue weighted by Crippen LogP contribution is -2.00. The third-order valence-corrected chi connectivity index (χ3v) is 1.69. The van der Waals surface area contributed by atoms with Gasteiger partial charge >= 0.3 is 5.97 Å². The van der Waals surface area contributed by atoms with Crippen molar-refractivity contribution in [3.05, 3.63) is 29.3 Å². The predicted molar refractivity (Wildman–Crippen MR) is 45.6 cm³/mol. The van der Waals surface area contributed by atoms with Crippen molar-refractivity contribution in [3.63, 3.8) is 0 Å². The summed E-state index contributed by atoms with van der Waals surface area (Å²) in [6.07, 6.45) is -1.38. The van der Waals surface area contributed by atoms with Crippen molar-refractivity contribution in [1.29, 1.82) is 5.26 Å². The second kappa shape index (κ2) is 3.77. The SMILES string of the molecule is N#CC(O)c1ccc(O)c(C(=O)O)c1. The lowest BCUT2D eigenvalue weighted by molar-refractivity contribution is 0.0693. The van der Waals surface area contributed by atoms with Crippen LogP contribution < -0.4 is 0 Å². The molecule has 0 heterocycles. The van der Waals surface area contributed by atoms with E-state index in [9.17, 15) is 4.79 Å². The van der Waals surface area contributed by atoms with E-state index in [1.54, 1.807) is 6.07 Å². The number of hydrogen-bond donors (Lipinski definition) is 3. The fourth-order valence-corrected chi connectivity index (χ4v) is 0.970. The molecule has 14 heavy (non-hydrogen) atoms. The highest BCUT2D eigenvalue weighted by Crippen LogP contribution is 2.21. The van der Waals surface area contributed by atoms with Crippen LogP contribution in [0.15, 0.2) is 18.2 Å². The minimum absolute atomic E-state index is 0.141. The van der Waals surface area contributed by atoms with E-state index in [0.717, 1.165) is 12.1 Å². The van der Waals surface area contributed by atoms with Gasteiger partial charge in [0.05, 0.1) is 6.07 Å². The van der Waals surface area contributed by atoms with Gasteiger partial charge in [0.1, 0.15) is 11.3 Å². The van der Waals surface area contributed by atoms with Crippen LogP contribution in [0.4, 0.5) is 0 Å². The topological polar surface area (TPSA) is 102 Å². The van der Waals surface area contributed by atoms with Crippen LogP contribution in [0.2, 0.25) is 0 Å². The second-order valence-corrected chi connectivity index (χ2v) is 2.61. The number of phenols is 1. The molecule has 0 aromatic heterocycles. The number of carboxylic acid groups (broad SMARTS) is 1. The zero-order valence-corrected chi connectivity index (χ0v) is 7.01. The van der Waals surface area contributed by atoms with Crippen LogP contribution in [0.3, 0.4) is 0 Å². The minimum Gasteiger partial charge on any atom is -0.507 e. The molecular weight excluding hydrogens is 186 g/mol. The molecule has 0 amide bonds. The van der Waals surface area contributed by atoms with Gasteiger partial charge in [-0.15, -0.1) is 0 Å². The molecule has 0 aliphatic carbocycles. The first-order valence-corrected chi connectivity index (χ1v) is 3.70. The standard InChI is InChI=1S/C9H7NO4/c10-4-8(12)5-1-2-7(11)6(3-5)9(13)14/h1-3,8,11-12H,(H,13,14). The van der Waals surface area contributed by atoms with E-state index in [1.165, 1.54) is 6.07 Å². The normalized spacial score (nSPS) is 11.7. The Morgan fingerprint density at radius 3 is 2.64 bits per heavy atom. The van der Waals surface area contributed by atoms with Crippen LogP contribution in [-0.4, -0.2) is 21.3 Å². The summed E-state index contributed by atoms with van der Waals surface area (Å²) < 4.78 is 0. The van der Waals surface area contributed by atoms with Crippen molar-refractivity contribution in [3.8, 4) is 11.8 Å². The van der Waals surface area contributed by atoms with Crippen molar-refractivity contribution >= 4 is 5.97 Å². The van der Waals surface area contributed by atoms with E-state index in [0.29, 0.717) is 0 Å². The molecule has 0 aliphatic heterocycles. The molecule has 0 spiro atoms. The first kappa shape index (κ1) is 10.0. The van der Waals surface area contributed by atoms with Gasteiger partial charge in [-0.05, 0) is 17.7 Å². The molecule has 0 saturated carbocycles. The molecule has 0 saturated heterocycles. The van der Waals surface area contributed by atoms with Crippen LogP contribution in [0.5, 0.6) is 5.75 Å². The van der Waals surface area contributed by atoms with Crippen LogP contribution in [0, 0.1) is 11.3 Å². The Kier molecular flexibility index (Phi) is 2.70. The number of nitriles is 1. The maximum atomic E-state index is 10.6. The third-order valence-electron chi connectivity index (χ3n) is 1.69. The summed E-state index contributed by atoms with van der Waals surface area (Å²) in [5.74, 6) is -1.71. The van der Waals surface area contributed by atoms with Gasteiger partial charge in [-0.2, -0.15) is 5.26 Å². The summed E-state index contributed by atoms with van der Waals surface area (Å²) >= 11 is 0. The molecule has 0 radical (unpaired) electrons. The number of benzene rings is 1. The van der Waals surface area contributed by atoms with Crippen LogP contribution in [-0.2, 0) is 0 Å². The van der Waals surface area contributed by atoms with Gasteiger partial charge < -0.3 is 15.3 Å². The molecule has 1 rings (SSSR count). The number of carbonyl (C=O) groups is 1. The number of carboxylic acids is 1. The maximum Gasteiger partial charge on any atom is 0.339 e. The van der Waals surface area contributed by atoms with E-state index in [2.05, 4.69) is 0 Å². The molecule has 0 bridgehead atoms. The molecule has 0 aliphatic rings. The van der Waals surface area contributed by atoms with E-state index in [4.69, 9.17) is 20.6 Å². The first-order valence-electron chi connectivity index (χ1n) is 3.70. The monoisotopic (exact) mass is 193 g/mol. The van der Waals surface area contributed by atoms with Crippen LogP contribution >= 0.6 is 0 Å². The number of aromatic carboxylic acids is 1. The Morgan fingerprint density at radius 2 is 2.14 bits per heavy atom. The third kappa shape index (κ3) is 1.81. The van der Waals surface area contributed by atoms with E-state index >= 15 is 0 Å². The van der Waals surface area contributed by atoms with Crippen molar-refractivity contribution in [2.75, 3.05) is 0 Å². The predicted octanol–water partition coefficient (Wildman–Crippen LogP) is 0.647. The molecule has 1 unspecified atom stereocenters. The van der Waals surface area contributed by atoms with E-state index in [-0.39, 0.29) is 11.1 Å². The van der Waals surface area contributed by atoms with Crippen molar-refractivity contribution in [1.82, 2.24) is 0 Å². The Hall–Kier alpha value is -2.06. The van der Waals surface area contributed by atoms with Gasteiger partial charge in [0.2, 0.25) is 0 Å². The van der Waals surface area contributed by atoms with Gasteiger partial charge in [0.25, 0.3) is 0 Å². The molecule has 0 fully saturated rings. The number of aliphatic hydroxyl groups is 1. The van der Waals surface area contributed by atoms with Crippen molar-refractivity contribution in [2.45, 2.75) is 6.10 Å². The van der Waals surface area contributed by atoms with Crippen LogP contribution in [0.25, 0.3) is 0 Å². The van der Waals surface area contributed by atoms with Gasteiger partial charge in [-0.25, -0.2) is 4.79 Å². The average molecular weight is 193 g/mol. The second-order valence-electron chi connectivity index (χ2n) is 2.61. The van der Waals surface area contributed by atoms with Gasteiger partial charge in [0.15, 0.2) is 6.10 Å². The quantitative estimate of drug-likeness (QED) is 0.598. The number of aromatic hydroxyl groups is 1. The lowest BCUT2D eigenvalue weighted by Gasteiger charge is -2.04. The summed E-state index contributed by atoms with van der Waals surface area (Å²) in [7, 11) is 0. The summed E-state index contributed by atoms with van der Waals surface area (Å²) in [6.45, 7) is 0. The smallest absolute Gasteiger partial charge is 0.339 e. The molecule has 1 atom stereocenters. The molecule has 72 valence electrons. The molecule has 5 nitrogen and oxygen atoms in total. The Balaban J connectivity index is 3.21. The zero-order chi connectivity index (χ0) is 10.7. The zero-order valence-electron chi connectivity index (χ0n) is 7.01. The average Bonchev–Trinajstić information content (AvgIpc) is 2.17. The minimum atomic E-state index is -1.38. The summed E-state index contributed by atoms with van der Waals surface area (Å²) in [5.41, 5.74) is -0.195. The Bertz CT molecular complexity index is 408. The molecule has 5 heteroatoms. The molecule has 1 aromatic rings. The fraction of sp³-hybridized carbons (Fsp3) is 0.111. The van der Waals surface area contributed by atoms with Crippen molar-refractivity contribution in [2.24, 2.45) is 0 Å². The molecule has 3 N–H and O–H groups in total. The lowest BCUT2D eigenvalue weighted by atomic mass is 10.1. The Morgan fingerprint density at radius 1 is 1.50 bits per heavy atom. The summed E-state index contributed by atoms with van der Waals surface area (Å²) in [5, 5.41) is 35.2. The number of rotatable bonds is 2. The number of hydrogen-bond acceptors (Lipinski definition) is 4. The van der Waals surface area contributed by atoms with Gasteiger partial charge in [-0.3, -0.25) is 0 Å². The van der Waals surface area contributed by atoms with Crippen LogP contribution in [0.1, 0.15) is 22.0 Å². The van der Waals surface area contributed by atoms with Gasteiger partial charge in [0, 0.05) is 0 Å². The summed E-state index contributed by atoms with van der Waals surface area (Å²) in [6, 6.07) is 5.02. The molecule has 1 aromatic carbocycles. The number of nitrogens with zero attached hydrogens (tertiary/aromatic N) is 1.